The predicted molar refractivity (Wildman–Crippen MR) is 61.3 cm³/mol. The molecule has 0 aliphatic carbocycles. The number of nitrogens with one attached hydrogen (secondary N) is 2. The molecular weight excluding hydrogens is 228 g/mol. The summed E-state index contributed by atoms with van der Waals surface area (Å²) in [7, 11) is -3.57. The maximum atomic E-state index is 11.9. The standard InChI is InChI=1S/C9H18N4O2S/c1-4-6(2)13-16(14,15)9-8(5-10)7(3)11-12-9/h6,13H,4-5,10H2,1-3H3,(H,11,12). The van der Waals surface area contributed by atoms with E-state index in [-0.39, 0.29) is 17.6 Å². The van der Waals surface area contributed by atoms with Gasteiger partial charge in [-0.15, -0.1) is 0 Å². The van der Waals surface area contributed by atoms with E-state index in [2.05, 4.69) is 14.9 Å². The van der Waals surface area contributed by atoms with E-state index in [1.807, 2.05) is 6.92 Å². The minimum Gasteiger partial charge on any atom is -0.326 e. The highest BCUT2D eigenvalue weighted by Gasteiger charge is 2.24. The van der Waals surface area contributed by atoms with E-state index >= 15 is 0 Å². The molecule has 0 saturated heterocycles. The van der Waals surface area contributed by atoms with Crippen molar-refractivity contribution in [2.24, 2.45) is 5.73 Å². The number of aromatic nitrogens is 2. The second kappa shape index (κ2) is 4.94. The molecule has 1 aromatic rings. The zero-order valence-electron chi connectivity index (χ0n) is 9.74. The molecule has 0 spiro atoms. The Bertz CT molecular complexity index is 452. The number of aromatic amines is 1. The molecule has 0 amide bonds. The number of nitrogens with two attached hydrogens (primary N) is 1. The van der Waals surface area contributed by atoms with Crippen molar-refractivity contribution >= 4 is 10.0 Å². The van der Waals surface area contributed by atoms with Gasteiger partial charge >= 0.3 is 0 Å². The molecule has 0 bridgehead atoms. The van der Waals surface area contributed by atoms with Crippen molar-refractivity contribution in [1.82, 2.24) is 14.9 Å². The number of hydrogen-bond acceptors (Lipinski definition) is 4. The first-order valence-electron chi connectivity index (χ1n) is 5.18. The van der Waals surface area contributed by atoms with Crippen molar-refractivity contribution < 1.29 is 8.42 Å². The largest absolute Gasteiger partial charge is 0.326 e. The van der Waals surface area contributed by atoms with Crippen molar-refractivity contribution in [3.05, 3.63) is 11.3 Å². The molecule has 6 nitrogen and oxygen atoms in total. The summed E-state index contributed by atoms with van der Waals surface area (Å²) in [6, 6.07) is -0.118. The van der Waals surface area contributed by atoms with Crippen LogP contribution in [0.15, 0.2) is 5.03 Å². The first kappa shape index (κ1) is 13.1. The van der Waals surface area contributed by atoms with Crippen LogP contribution in [0.1, 0.15) is 31.5 Å². The molecule has 4 N–H and O–H groups in total. The number of hydrogen-bond donors (Lipinski definition) is 3. The van der Waals surface area contributed by atoms with E-state index < -0.39 is 10.0 Å². The first-order valence-corrected chi connectivity index (χ1v) is 6.67. The van der Waals surface area contributed by atoms with Gasteiger partial charge in [-0.05, 0) is 20.3 Å². The second-order valence-corrected chi connectivity index (χ2v) is 5.40. The van der Waals surface area contributed by atoms with Crippen molar-refractivity contribution in [2.75, 3.05) is 0 Å². The number of rotatable bonds is 5. The molecule has 1 aromatic heterocycles. The van der Waals surface area contributed by atoms with Crippen LogP contribution in [0.3, 0.4) is 0 Å². The van der Waals surface area contributed by atoms with Gasteiger partial charge in [-0.3, -0.25) is 5.10 Å². The highest BCUT2D eigenvalue weighted by atomic mass is 32.2. The van der Waals surface area contributed by atoms with Crippen LogP contribution in [0, 0.1) is 6.92 Å². The van der Waals surface area contributed by atoms with Gasteiger partial charge < -0.3 is 5.73 Å². The van der Waals surface area contributed by atoms with E-state index in [4.69, 9.17) is 5.73 Å². The van der Waals surface area contributed by atoms with Crippen LogP contribution >= 0.6 is 0 Å². The quantitative estimate of drug-likeness (QED) is 0.693. The Kier molecular flexibility index (Phi) is 4.06. The Hall–Kier alpha value is -0.920. The highest BCUT2D eigenvalue weighted by Crippen LogP contribution is 2.15. The summed E-state index contributed by atoms with van der Waals surface area (Å²) in [5, 5.41) is 6.43. The average Bonchev–Trinajstić information content (AvgIpc) is 2.59. The molecule has 1 atom stereocenters. The fourth-order valence-corrected chi connectivity index (χ4v) is 2.83. The Balaban J connectivity index is 3.07. The summed E-state index contributed by atoms with van der Waals surface area (Å²) < 4.78 is 26.4. The van der Waals surface area contributed by atoms with Crippen molar-refractivity contribution in [2.45, 2.75) is 44.8 Å². The number of sulfonamides is 1. The normalized spacial score (nSPS) is 14.0. The van der Waals surface area contributed by atoms with E-state index in [9.17, 15) is 8.42 Å². The lowest BCUT2D eigenvalue weighted by molar-refractivity contribution is 0.551. The fourth-order valence-electron chi connectivity index (χ4n) is 1.30. The molecule has 1 heterocycles. The molecule has 1 unspecified atom stereocenters. The Morgan fingerprint density at radius 2 is 2.19 bits per heavy atom. The minimum absolute atomic E-state index is 0.00722. The molecule has 16 heavy (non-hydrogen) atoms. The average molecular weight is 246 g/mol. The topological polar surface area (TPSA) is 101 Å². The molecule has 0 saturated carbocycles. The number of nitrogens with zero attached hydrogens (tertiary/aromatic N) is 1. The van der Waals surface area contributed by atoms with Crippen molar-refractivity contribution in [1.29, 1.82) is 0 Å². The van der Waals surface area contributed by atoms with E-state index in [1.165, 1.54) is 0 Å². The third-order valence-electron chi connectivity index (χ3n) is 2.46. The predicted octanol–water partition coefficient (Wildman–Crippen LogP) is 0.254. The first-order chi connectivity index (χ1) is 7.42. The van der Waals surface area contributed by atoms with Crippen molar-refractivity contribution in [3.63, 3.8) is 0 Å². The summed E-state index contributed by atoms with van der Waals surface area (Å²) in [5.74, 6) is 0. The van der Waals surface area contributed by atoms with Crippen LogP contribution < -0.4 is 10.5 Å². The van der Waals surface area contributed by atoms with Gasteiger partial charge in [0.2, 0.25) is 0 Å². The molecule has 92 valence electrons. The number of aryl methyl sites for hydroxylation is 1. The highest BCUT2D eigenvalue weighted by molar-refractivity contribution is 7.89. The summed E-state index contributed by atoms with van der Waals surface area (Å²) in [6.07, 6.45) is 0.723. The van der Waals surface area contributed by atoms with Crippen LogP contribution in [0.25, 0.3) is 0 Å². The summed E-state index contributed by atoms with van der Waals surface area (Å²) in [5.41, 5.74) is 6.73. The third kappa shape index (κ3) is 2.60. The summed E-state index contributed by atoms with van der Waals surface area (Å²) in [6.45, 7) is 5.61. The molecule has 0 aliphatic rings. The van der Waals surface area contributed by atoms with E-state index in [1.54, 1.807) is 13.8 Å². The van der Waals surface area contributed by atoms with Gasteiger partial charge in [-0.2, -0.15) is 5.10 Å². The molecule has 0 aromatic carbocycles. The molecule has 0 fully saturated rings. The summed E-state index contributed by atoms with van der Waals surface area (Å²) in [4.78, 5) is 0. The van der Waals surface area contributed by atoms with Crippen molar-refractivity contribution in [3.8, 4) is 0 Å². The van der Waals surface area contributed by atoms with Crippen LogP contribution in [0.2, 0.25) is 0 Å². The Morgan fingerprint density at radius 1 is 1.56 bits per heavy atom. The smallest absolute Gasteiger partial charge is 0.260 e. The molecule has 0 aliphatic heterocycles. The third-order valence-corrected chi connectivity index (χ3v) is 4.02. The lowest BCUT2D eigenvalue weighted by atomic mass is 10.3. The van der Waals surface area contributed by atoms with Gasteiger partial charge in [0.25, 0.3) is 10.0 Å². The minimum atomic E-state index is -3.57. The van der Waals surface area contributed by atoms with Gasteiger partial charge in [-0.25, -0.2) is 13.1 Å². The summed E-state index contributed by atoms with van der Waals surface area (Å²) >= 11 is 0. The van der Waals surface area contributed by atoms with Crippen LogP contribution in [0.4, 0.5) is 0 Å². The van der Waals surface area contributed by atoms with Gasteiger partial charge in [-0.1, -0.05) is 6.92 Å². The molecule has 0 radical (unpaired) electrons. The fraction of sp³-hybridized carbons (Fsp3) is 0.667. The van der Waals surface area contributed by atoms with Crippen LogP contribution in [-0.4, -0.2) is 24.7 Å². The van der Waals surface area contributed by atoms with Gasteiger partial charge in [0, 0.05) is 23.8 Å². The molecule has 7 heteroatoms. The lowest BCUT2D eigenvalue weighted by Crippen LogP contribution is -2.33. The zero-order chi connectivity index (χ0) is 12.3. The van der Waals surface area contributed by atoms with Crippen LogP contribution in [0.5, 0.6) is 0 Å². The molecular formula is C9H18N4O2S. The molecule has 1 rings (SSSR count). The van der Waals surface area contributed by atoms with Gasteiger partial charge in [0.15, 0.2) is 5.03 Å². The maximum absolute atomic E-state index is 11.9. The van der Waals surface area contributed by atoms with E-state index in [0.29, 0.717) is 11.3 Å². The number of H-pyrrole nitrogens is 1. The second-order valence-electron chi connectivity index (χ2n) is 3.77. The Morgan fingerprint density at radius 3 is 2.69 bits per heavy atom. The van der Waals surface area contributed by atoms with Gasteiger partial charge in [0.1, 0.15) is 0 Å². The zero-order valence-corrected chi connectivity index (χ0v) is 10.6. The Labute approximate surface area is 95.7 Å². The SMILES string of the molecule is CCC(C)NS(=O)(=O)c1n[nH]c(C)c1CN. The lowest BCUT2D eigenvalue weighted by Gasteiger charge is -2.11. The maximum Gasteiger partial charge on any atom is 0.260 e. The van der Waals surface area contributed by atoms with E-state index in [0.717, 1.165) is 6.42 Å². The monoisotopic (exact) mass is 246 g/mol. The van der Waals surface area contributed by atoms with Gasteiger partial charge in [0.05, 0.1) is 0 Å². The van der Waals surface area contributed by atoms with Crippen LogP contribution in [-0.2, 0) is 16.6 Å².